The third-order valence-electron chi connectivity index (χ3n) is 5.46. The maximum Gasteiger partial charge on any atom is 0.314 e. The van der Waals surface area contributed by atoms with Crippen LogP contribution in [-0.2, 0) is 25.5 Å². The van der Waals surface area contributed by atoms with Crippen molar-refractivity contribution < 1.29 is 23.8 Å². The Kier molecular flexibility index (Phi) is 4.82. The Morgan fingerprint density at radius 3 is 2.92 bits per heavy atom. The van der Waals surface area contributed by atoms with E-state index in [9.17, 15) is 9.59 Å². The summed E-state index contributed by atoms with van der Waals surface area (Å²) >= 11 is 0. The predicted molar refractivity (Wildman–Crippen MR) is 96.7 cm³/mol. The number of cyclic esters (lactones) is 1. The molecular weight excluding hydrogens is 332 g/mol. The summed E-state index contributed by atoms with van der Waals surface area (Å²) in [5.41, 5.74) is 0.935. The molecule has 1 saturated heterocycles. The van der Waals surface area contributed by atoms with Gasteiger partial charge in [0, 0.05) is 5.92 Å². The standard InChI is InChI=1S/C21H26O5/c1-14-8-16-12-25-19(23)21(16,10-14)11-15-6-5-7-17(9-15)26-13-20(2,3)18(22)24-4/h5-7,9,16H,1,8,10-13H2,2-4H3. The van der Waals surface area contributed by atoms with Crippen molar-refractivity contribution in [1.29, 1.82) is 0 Å². The Bertz CT molecular complexity index is 736. The SMILES string of the molecule is C=C1CC2COC(=O)C2(Cc2cccc(OCC(C)(C)C(=O)OC)c2)C1. The molecule has 1 aliphatic heterocycles. The van der Waals surface area contributed by atoms with Crippen molar-refractivity contribution in [2.75, 3.05) is 20.3 Å². The van der Waals surface area contributed by atoms with E-state index in [2.05, 4.69) is 6.58 Å². The largest absolute Gasteiger partial charge is 0.492 e. The second kappa shape index (κ2) is 6.78. The molecule has 1 aliphatic carbocycles. The van der Waals surface area contributed by atoms with Crippen LogP contribution in [0, 0.1) is 16.7 Å². The van der Waals surface area contributed by atoms with Crippen molar-refractivity contribution in [3.05, 3.63) is 42.0 Å². The first-order valence-corrected chi connectivity index (χ1v) is 8.91. The van der Waals surface area contributed by atoms with E-state index < -0.39 is 10.8 Å². The number of hydrogen-bond donors (Lipinski definition) is 0. The average molecular weight is 358 g/mol. The van der Waals surface area contributed by atoms with Crippen LogP contribution >= 0.6 is 0 Å². The van der Waals surface area contributed by atoms with Crippen molar-refractivity contribution in [2.45, 2.75) is 33.1 Å². The minimum Gasteiger partial charge on any atom is -0.492 e. The van der Waals surface area contributed by atoms with Crippen LogP contribution in [0.5, 0.6) is 5.75 Å². The number of rotatable bonds is 6. The quantitative estimate of drug-likeness (QED) is 0.577. The van der Waals surface area contributed by atoms with Gasteiger partial charge in [0.2, 0.25) is 0 Å². The highest BCUT2D eigenvalue weighted by Crippen LogP contribution is 2.52. The fraction of sp³-hybridized carbons (Fsp3) is 0.524. The summed E-state index contributed by atoms with van der Waals surface area (Å²) in [6, 6.07) is 7.70. The Balaban J connectivity index is 1.73. The second-order valence-electron chi connectivity index (χ2n) is 8.07. The zero-order valence-electron chi connectivity index (χ0n) is 15.7. The number of ether oxygens (including phenoxy) is 3. The summed E-state index contributed by atoms with van der Waals surface area (Å²) < 4.78 is 16.0. The van der Waals surface area contributed by atoms with Gasteiger partial charge in [0.05, 0.1) is 24.5 Å². The highest BCUT2D eigenvalue weighted by atomic mass is 16.5. The van der Waals surface area contributed by atoms with Gasteiger partial charge in [-0.1, -0.05) is 24.3 Å². The van der Waals surface area contributed by atoms with Gasteiger partial charge in [0.15, 0.2) is 0 Å². The van der Waals surface area contributed by atoms with E-state index in [4.69, 9.17) is 14.2 Å². The van der Waals surface area contributed by atoms with E-state index in [-0.39, 0.29) is 24.5 Å². The number of fused-ring (bicyclic) bond motifs is 1. The minimum atomic E-state index is -0.729. The van der Waals surface area contributed by atoms with Crippen LogP contribution in [0.15, 0.2) is 36.4 Å². The molecule has 0 radical (unpaired) electrons. The van der Waals surface area contributed by atoms with E-state index in [1.165, 1.54) is 7.11 Å². The highest BCUT2D eigenvalue weighted by molar-refractivity contribution is 5.81. The maximum absolute atomic E-state index is 12.4. The van der Waals surface area contributed by atoms with Crippen LogP contribution in [0.25, 0.3) is 0 Å². The number of esters is 2. The summed E-state index contributed by atoms with van der Waals surface area (Å²) in [5, 5.41) is 0. The summed E-state index contributed by atoms with van der Waals surface area (Å²) in [7, 11) is 1.37. The molecular formula is C21H26O5. The third-order valence-corrected chi connectivity index (χ3v) is 5.46. The molecule has 1 heterocycles. The van der Waals surface area contributed by atoms with Crippen LogP contribution in [0.4, 0.5) is 0 Å². The normalized spacial score (nSPS) is 25.0. The fourth-order valence-electron chi connectivity index (χ4n) is 3.97. The van der Waals surface area contributed by atoms with E-state index in [1.54, 1.807) is 13.8 Å². The molecule has 0 aromatic heterocycles. The van der Waals surface area contributed by atoms with Gasteiger partial charge in [-0.05, 0) is 50.8 Å². The minimum absolute atomic E-state index is 0.112. The molecule has 0 N–H and O–H groups in total. The predicted octanol–water partition coefficient (Wildman–Crippen LogP) is 3.32. The molecule has 0 amide bonds. The monoisotopic (exact) mass is 358 g/mol. The molecule has 2 fully saturated rings. The van der Waals surface area contributed by atoms with Crippen LogP contribution in [0.1, 0.15) is 32.3 Å². The molecule has 1 aromatic carbocycles. The second-order valence-corrected chi connectivity index (χ2v) is 8.07. The highest BCUT2D eigenvalue weighted by Gasteiger charge is 2.55. The van der Waals surface area contributed by atoms with E-state index >= 15 is 0 Å². The molecule has 140 valence electrons. The van der Waals surface area contributed by atoms with Gasteiger partial charge in [-0.2, -0.15) is 0 Å². The number of carbonyl (C=O) groups excluding carboxylic acids is 2. The zero-order chi connectivity index (χ0) is 18.9. The molecule has 2 atom stereocenters. The van der Waals surface area contributed by atoms with Gasteiger partial charge in [-0.25, -0.2) is 0 Å². The molecule has 1 saturated carbocycles. The van der Waals surface area contributed by atoms with Gasteiger partial charge < -0.3 is 14.2 Å². The molecule has 2 unspecified atom stereocenters. The first kappa shape index (κ1) is 18.5. The molecule has 1 aromatic rings. The fourth-order valence-corrected chi connectivity index (χ4v) is 3.97. The van der Waals surface area contributed by atoms with E-state index in [1.807, 2.05) is 24.3 Å². The Hall–Kier alpha value is -2.30. The molecule has 5 heteroatoms. The van der Waals surface area contributed by atoms with Crippen LogP contribution in [0.3, 0.4) is 0 Å². The lowest BCUT2D eigenvalue weighted by molar-refractivity contribution is -0.152. The topological polar surface area (TPSA) is 61.8 Å². The van der Waals surface area contributed by atoms with Crippen molar-refractivity contribution >= 4 is 11.9 Å². The smallest absolute Gasteiger partial charge is 0.314 e. The van der Waals surface area contributed by atoms with Crippen LogP contribution in [-0.4, -0.2) is 32.3 Å². The zero-order valence-corrected chi connectivity index (χ0v) is 15.7. The van der Waals surface area contributed by atoms with E-state index in [0.717, 1.165) is 17.6 Å². The first-order valence-electron chi connectivity index (χ1n) is 8.91. The van der Waals surface area contributed by atoms with E-state index in [0.29, 0.717) is 25.2 Å². The van der Waals surface area contributed by atoms with Gasteiger partial charge in [-0.15, -0.1) is 0 Å². The first-order chi connectivity index (χ1) is 12.3. The Morgan fingerprint density at radius 2 is 2.19 bits per heavy atom. The van der Waals surface area contributed by atoms with Gasteiger partial charge >= 0.3 is 11.9 Å². The van der Waals surface area contributed by atoms with Gasteiger partial charge in [0.1, 0.15) is 12.4 Å². The lowest BCUT2D eigenvalue weighted by atomic mass is 9.75. The van der Waals surface area contributed by atoms with Crippen molar-refractivity contribution in [1.82, 2.24) is 0 Å². The lowest BCUT2D eigenvalue weighted by Gasteiger charge is -2.25. The molecule has 2 aliphatic rings. The average Bonchev–Trinajstić information content (AvgIpc) is 3.07. The molecule has 0 bridgehead atoms. The van der Waals surface area contributed by atoms with Crippen LogP contribution in [0.2, 0.25) is 0 Å². The van der Waals surface area contributed by atoms with Crippen molar-refractivity contribution in [3.8, 4) is 5.75 Å². The summed E-state index contributed by atoms with van der Waals surface area (Å²) in [4.78, 5) is 24.2. The molecule has 3 rings (SSSR count). The molecule has 26 heavy (non-hydrogen) atoms. The summed E-state index contributed by atoms with van der Waals surface area (Å²) in [6.45, 7) is 8.35. The number of carbonyl (C=O) groups is 2. The summed E-state index contributed by atoms with van der Waals surface area (Å²) in [6.07, 6.45) is 2.17. The molecule has 0 spiro atoms. The van der Waals surface area contributed by atoms with Gasteiger partial charge in [0.25, 0.3) is 0 Å². The molecule has 5 nitrogen and oxygen atoms in total. The Morgan fingerprint density at radius 1 is 1.42 bits per heavy atom. The number of methoxy groups -OCH3 is 1. The van der Waals surface area contributed by atoms with Gasteiger partial charge in [-0.3, -0.25) is 9.59 Å². The van der Waals surface area contributed by atoms with Crippen molar-refractivity contribution in [2.24, 2.45) is 16.7 Å². The van der Waals surface area contributed by atoms with Crippen molar-refractivity contribution in [3.63, 3.8) is 0 Å². The third kappa shape index (κ3) is 3.35. The lowest BCUT2D eigenvalue weighted by Crippen LogP contribution is -2.32. The maximum atomic E-state index is 12.4. The summed E-state index contributed by atoms with van der Waals surface area (Å²) in [5.74, 6) is 0.466. The van der Waals surface area contributed by atoms with Crippen LogP contribution < -0.4 is 4.74 Å². The Labute approximate surface area is 154 Å². The number of hydrogen-bond acceptors (Lipinski definition) is 5. The number of benzene rings is 1. The number of allylic oxidation sites excluding steroid dienone is 1.